The van der Waals surface area contributed by atoms with Crippen molar-refractivity contribution in [1.82, 2.24) is 4.98 Å². The predicted molar refractivity (Wildman–Crippen MR) is 90.2 cm³/mol. The van der Waals surface area contributed by atoms with E-state index in [0.717, 1.165) is 29.1 Å². The van der Waals surface area contributed by atoms with Crippen LogP contribution in [0.25, 0.3) is 0 Å². The molecule has 20 heavy (non-hydrogen) atoms. The molecule has 0 aliphatic heterocycles. The van der Waals surface area contributed by atoms with E-state index in [2.05, 4.69) is 69.2 Å². The molecule has 0 atom stereocenters. The second-order valence-electron chi connectivity index (χ2n) is 4.33. The van der Waals surface area contributed by atoms with E-state index in [1.807, 2.05) is 6.07 Å². The van der Waals surface area contributed by atoms with E-state index in [9.17, 15) is 0 Å². The quantitative estimate of drug-likeness (QED) is 0.811. The molecule has 0 saturated heterocycles. The second-order valence-corrected chi connectivity index (χ2v) is 5.62. The largest absolute Gasteiger partial charge is 0.372 e. The molecule has 0 bridgehead atoms. The molecule has 2 aromatic rings. The lowest BCUT2D eigenvalue weighted by Gasteiger charge is -2.21. The standard InChI is InChI=1S/C15H17BrClN3/c1-3-20(4-2)13-7-5-12(6-8-13)19-15-14(16)9-11(17)10-18-15/h5-10H,3-4H2,1-2H3,(H,18,19). The molecule has 1 heterocycles. The summed E-state index contributed by atoms with van der Waals surface area (Å²) in [5.41, 5.74) is 2.22. The average Bonchev–Trinajstić information content (AvgIpc) is 2.45. The van der Waals surface area contributed by atoms with Gasteiger partial charge in [0, 0.05) is 30.7 Å². The summed E-state index contributed by atoms with van der Waals surface area (Å²) in [5, 5.41) is 3.88. The molecule has 1 aromatic carbocycles. The topological polar surface area (TPSA) is 28.2 Å². The van der Waals surface area contributed by atoms with Crippen molar-refractivity contribution in [2.45, 2.75) is 13.8 Å². The van der Waals surface area contributed by atoms with E-state index in [1.165, 1.54) is 5.69 Å². The van der Waals surface area contributed by atoms with E-state index >= 15 is 0 Å². The van der Waals surface area contributed by atoms with Crippen molar-refractivity contribution < 1.29 is 0 Å². The third-order valence-electron chi connectivity index (χ3n) is 3.07. The second kappa shape index (κ2) is 6.95. The lowest BCUT2D eigenvalue weighted by molar-refractivity contribution is 0.866. The molecule has 0 amide bonds. The number of hydrogen-bond acceptors (Lipinski definition) is 3. The predicted octanol–water partition coefficient (Wildman–Crippen LogP) is 5.09. The van der Waals surface area contributed by atoms with Gasteiger partial charge in [-0.3, -0.25) is 0 Å². The molecule has 0 aliphatic carbocycles. The molecule has 5 heteroatoms. The van der Waals surface area contributed by atoms with Crippen molar-refractivity contribution in [3.63, 3.8) is 0 Å². The summed E-state index contributed by atoms with van der Waals surface area (Å²) < 4.78 is 0.845. The smallest absolute Gasteiger partial charge is 0.144 e. The van der Waals surface area contributed by atoms with Crippen molar-refractivity contribution in [3.8, 4) is 0 Å². The highest BCUT2D eigenvalue weighted by atomic mass is 79.9. The molecule has 0 saturated carbocycles. The van der Waals surface area contributed by atoms with Crippen LogP contribution in [0.4, 0.5) is 17.2 Å². The normalized spacial score (nSPS) is 10.4. The molecular weight excluding hydrogens is 338 g/mol. The van der Waals surface area contributed by atoms with Gasteiger partial charge >= 0.3 is 0 Å². The Labute approximate surface area is 133 Å². The summed E-state index contributed by atoms with van der Waals surface area (Å²) >= 11 is 9.33. The van der Waals surface area contributed by atoms with E-state index in [1.54, 1.807) is 6.20 Å². The monoisotopic (exact) mass is 353 g/mol. The highest BCUT2D eigenvalue weighted by Crippen LogP contribution is 2.27. The fraction of sp³-hybridized carbons (Fsp3) is 0.267. The zero-order chi connectivity index (χ0) is 14.5. The van der Waals surface area contributed by atoms with E-state index in [4.69, 9.17) is 11.6 Å². The van der Waals surface area contributed by atoms with Crippen LogP contribution >= 0.6 is 27.5 Å². The van der Waals surface area contributed by atoms with Gasteiger partial charge in [-0.05, 0) is 60.1 Å². The number of aromatic nitrogens is 1. The Morgan fingerprint density at radius 1 is 1.20 bits per heavy atom. The van der Waals surface area contributed by atoms with Gasteiger partial charge in [0.05, 0.1) is 9.50 Å². The summed E-state index contributed by atoms with van der Waals surface area (Å²) in [6.07, 6.45) is 1.62. The van der Waals surface area contributed by atoms with Crippen LogP contribution in [0.15, 0.2) is 41.0 Å². The number of rotatable bonds is 5. The highest BCUT2D eigenvalue weighted by molar-refractivity contribution is 9.10. The number of nitrogens with one attached hydrogen (secondary N) is 1. The maximum Gasteiger partial charge on any atom is 0.144 e. The molecule has 0 unspecified atom stereocenters. The van der Waals surface area contributed by atoms with Gasteiger partial charge in [0.1, 0.15) is 5.82 Å². The summed E-state index contributed by atoms with van der Waals surface area (Å²) in [7, 11) is 0. The van der Waals surface area contributed by atoms with Crippen LogP contribution in [0.5, 0.6) is 0 Å². The van der Waals surface area contributed by atoms with Crippen LogP contribution in [-0.2, 0) is 0 Å². The van der Waals surface area contributed by atoms with Crippen molar-refractivity contribution in [3.05, 3.63) is 46.0 Å². The third-order valence-corrected chi connectivity index (χ3v) is 3.88. The summed E-state index contributed by atoms with van der Waals surface area (Å²) in [6.45, 7) is 6.33. The SMILES string of the molecule is CCN(CC)c1ccc(Nc2ncc(Cl)cc2Br)cc1. The van der Waals surface area contributed by atoms with Crippen LogP contribution in [0.3, 0.4) is 0 Å². The van der Waals surface area contributed by atoms with Gasteiger partial charge < -0.3 is 10.2 Å². The molecule has 1 N–H and O–H groups in total. The first-order valence-electron chi connectivity index (χ1n) is 6.57. The first-order valence-corrected chi connectivity index (χ1v) is 7.74. The van der Waals surface area contributed by atoms with Gasteiger partial charge in [-0.2, -0.15) is 0 Å². The molecule has 0 spiro atoms. The number of nitrogens with zero attached hydrogens (tertiary/aromatic N) is 2. The fourth-order valence-corrected chi connectivity index (χ4v) is 2.73. The van der Waals surface area contributed by atoms with Gasteiger partial charge in [0.2, 0.25) is 0 Å². The lowest BCUT2D eigenvalue weighted by Crippen LogP contribution is -2.21. The third kappa shape index (κ3) is 3.64. The molecule has 2 rings (SSSR count). The van der Waals surface area contributed by atoms with Crippen molar-refractivity contribution in [1.29, 1.82) is 0 Å². The molecule has 0 radical (unpaired) electrons. The molecule has 0 aliphatic rings. The van der Waals surface area contributed by atoms with E-state index in [-0.39, 0.29) is 0 Å². The number of anilines is 3. The summed E-state index contributed by atoms with van der Waals surface area (Å²) in [6, 6.07) is 10.1. The Morgan fingerprint density at radius 3 is 2.40 bits per heavy atom. The van der Waals surface area contributed by atoms with Gasteiger partial charge in [-0.25, -0.2) is 4.98 Å². The minimum absolute atomic E-state index is 0.610. The molecule has 1 aromatic heterocycles. The van der Waals surface area contributed by atoms with Gasteiger partial charge in [-0.15, -0.1) is 0 Å². The highest BCUT2D eigenvalue weighted by Gasteiger charge is 2.04. The number of benzene rings is 1. The Hall–Kier alpha value is -1.26. The van der Waals surface area contributed by atoms with Crippen LogP contribution in [0.2, 0.25) is 5.02 Å². The maximum atomic E-state index is 5.88. The first-order chi connectivity index (χ1) is 9.63. The molecule has 3 nitrogen and oxygen atoms in total. The Kier molecular flexibility index (Phi) is 5.26. The van der Waals surface area contributed by atoms with Crippen LogP contribution in [0, 0.1) is 0 Å². The number of pyridine rings is 1. The zero-order valence-corrected chi connectivity index (χ0v) is 13.9. The van der Waals surface area contributed by atoms with Gasteiger partial charge in [0.15, 0.2) is 0 Å². The van der Waals surface area contributed by atoms with Crippen molar-refractivity contribution >= 4 is 44.7 Å². The average molecular weight is 355 g/mol. The zero-order valence-electron chi connectivity index (χ0n) is 11.5. The van der Waals surface area contributed by atoms with E-state index < -0.39 is 0 Å². The van der Waals surface area contributed by atoms with Crippen LogP contribution in [0.1, 0.15) is 13.8 Å². The Morgan fingerprint density at radius 2 is 1.85 bits per heavy atom. The number of hydrogen-bond donors (Lipinski definition) is 1. The van der Waals surface area contributed by atoms with Crippen LogP contribution < -0.4 is 10.2 Å². The number of halogens is 2. The fourth-order valence-electron chi connectivity index (χ4n) is 1.99. The Balaban J connectivity index is 2.14. The molecular formula is C15H17BrClN3. The summed E-state index contributed by atoms with van der Waals surface area (Å²) in [5.74, 6) is 0.755. The minimum Gasteiger partial charge on any atom is -0.372 e. The van der Waals surface area contributed by atoms with Gasteiger partial charge in [-0.1, -0.05) is 11.6 Å². The van der Waals surface area contributed by atoms with Crippen LogP contribution in [-0.4, -0.2) is 18.1 Å². The van der Waals surface area contributed by atoms with Crippen molar-refractivity contribution in [2.24, 2.45) is 0 Å². The minimum atomic E-state index is 0.610. The van der Waals surface area contributed by atoms with E-state index in [0.29, 0.717) is 5.02 Å². The Bertz CT molecular complexity index is 568. The first kappa shape index (κ1) is 15.1. The molecule has 0 fully saturated rings. The van der Waals surface area contributed by atoms with Crippen molar-refractivity contribution in [2.75, 3.05) is 23.3 Å². The lowest BCUT2D eigenvalue weighted by atomic mass is 10.2. The maximum absolute atomic E-state index is 5.88. The summed E-state index contributed by atoms with van der Waals surface area (Å²) in [4.78, 5) is 6.57. The van der Waals surface area contributed by atoms with Gasteiger partial charge in [0.25, 0.3) is 0 Å². The molecule has 106 valence electrons.